The fraction of sp³-hybridized carbons (Fsp3) is 0.214. The van der Waals surface area contributed by atoms with Crippen molar-refractivity contribution in [3.05, 3.63) is 45.4 Å². The van der Waals surface area contributed by atoms with Crippen molar-refractivity contribution in [1.82, 2.24) is 9.97 Å². The number of hydrogen-bond acceptors (Lipinski definition) is 3. The van der Waals surface area contributed by atoms with Gasteiger partial charge < -0.3 is 5.11 Å². The van der Waals surface area contributed by atoms with Gasteiger partial charge in [-0.3, -0.25) is 4.79 Å². The summed E-state index contributed by atoms with van der Waals surface area (Å²) in [5.74, 6) is -0.823. The molecule has 0 atom stereocenters. The minimum atomic E-state index is -0.919. The van der Waals surface area contributed by atoms with Crippen molar-refractivity contribution in [2.24, 2.45) is 0 Å². The van der Waals surface area contributed by atoms with E-state index in [0.717, 1.165) is 0 Å². The van der Waals surface area contributed by atoms with E-state index >= 15 is 0 Å². The van der Waals surface area contributed by atoms with Gasteiger partial charge in [-0.2, -0.15) is 0 Å². The first-order valence-electron chi connectivity index (χ1n) is 5.90. The number of nitrogens with zero attached hydrogens (tertiary/aromatic N) is 2. The molecule has 0 aliphatic carbocycles. The van der Waals surface area contributed by atoms with Crippen LogP contribution in [-0.4, -0.2) is 21.0 Å². The Morgan fingerprint density at radius 1 is 1.30 bits per heavy atom. The van der Waals surface area contributed by atoms with Crippen LogP contribution in [-0.2, 0) is 11.2 Å². The van der Waals surface area contributed by atoms with Crippen LogP contribution in [0.25, 0.3) is 11.4 Å². The number of halogens is 2. The molecule has 0 saturated carbocycles. The number of carbonyl (C=O) groups is 1. The first-order valence-corrected chi connectivity index (χ1v) is 6.69. The van der Waals surface area contributed by atoms with Gasteiger partial charge in [-0.25, -0.2) is 14.4 Å². The van der Waals surface area contributed by atoms with Crippen LogP contribution in [0.4, 0.5) is 4.39 Å². The number of hydrogen-bond donors (Lipinski definition) is 1. The molecule has 0 unspecified atom stereocenters. The van der Waals surface area contributed by atoms with Crippen LogP contribution < -0.4 is 0 Å². The quantitative estimate of drug-likeness (QED) is 0.932. The molecule has 6 heteroatoms. The van der Waals surface area contributed by atoms with Crippen LogP contribution in [0.5, 0.6) is 0 Å². The molecule has 2 rings (SSSR count). The van der Waals surface area contributed by atoms with Gasteiger partial charge in [0, 0.05) is 22.5 Å². The lowest BCUT2D eigenvalue weighted by atomic mass is 10.1. The summed E-state index contributed by atoms with van der Waals surface area (Å²) in [6.07, 6.45) is -0.106. The zero-order valence-corrected chi connectivity index (χ0v) is 12.5. The van der Waals surface area contributed by atoms with Crippen LogP contribution in [0, 0.1) is 19.7 Å². The van der Waals surface area contributed by atoms with Crippen molar-refractivity contribution in [3.63, 3.8) is 0 Å². The Hall–Kier alpha value is -1.82. The molecule has 1 aromatic heterocycles. The Morgan fingerprint density at radius 2 is 1.90 bits per heavy atom. The SMILES string of the molecule is Cc1nc(-c2ccc(F)c(Br)c2)nc(C)c1CC(=O)O. The standard InChI is InChI=1S/C14H12BrFN2O2/c1-7-10(6-13(19)20)8(2)18-14(17-7)9-3-4-12(16)11(15)5-9/h3-5H,6H2,1-2H3,(H,19,20). The average Bonchev–Trinajstić information content (AvgIpc) is 2.36. The number of carboxylic acid groups (broad SMARTS) is 1. The van der Waals surface area contributed by atoms with Crippen LogP contribution in [0.1, 0.15) is 17.0 Å². The van der Waals surface area contributed by atoms with Crippen molar-refractivity contribution >= 4 is 21.9 Å². The lowest BCUT2D eigenvalue weighted by Crippen LogP contribution is -2.08. The summed E-state index contributed by atoms with van der Waals surface area (Å²) in [5.41, 5.74) is 2.53. The van der Waals surface area contributed by atoms with Crippen LogP contribution in [0.3, 0.4) is 0 Å². The zero-order valence-electron chi connectivity index (χ0n) is 10.9. The van der Waals surface area contributed by atoms with E-state index in [1.807, 2.05) is 0 Å². The number of rotatable bonds is 3. The Bertz CT molecular complexity index is 666. The van der Waals surface area contributed by atoms with Gasteiger partial charge in [-0.15, -0.1) is 0 Å². The molecule has 0 aliphatic rings. The zero-order chi connectivity index (χ0) is 14.9. The second-order valence-corrected chi connectivity index (χ2v) is 5.25. The highest BCUT2D eigenvalue weighted by Crippen LogP contribution is 2.24. The molecule has 0 amide bonds. The Kier molecular flexibility index (Phi) is 4.13. The maximum Gasteiger partial charge on any atom is 0.307 e. The first kappa shape index (κ1) is 14.6. The van der Waals surface area contributed by atoms with Gasteiger partial charge in [0.1, 0.15) is 5.82 Å². The normalized spacial score (nSPS) is 10.6. The van der Waals surface area contributed by atoms with Crippen LogP contribution in [0.15, 0.2) is 22.7 Å². The van der Waals surface area contributed by atoms with E-state index in [2.05, 4.69) is 25.9 Å². The summed E-state index contributed by atoms with van der Waals surface area (Å²) in [4.78, 5) is 19.4. The van der Waals surface area contributed by atoms with Gasteiger partial charge in [0.05, 0.1) is 10.9 Å². The Labute approximate surface area is 123 Å². The Morgan fingerprint density at radius 3 is 2.40 bits per heavy atom. The van der Waals surface area contributed by atoms with Gasteiger partial charge in [0.15, 0.2) is 5.82 Å². The summed E-state index contributed by atoms with van der Waals surface area (Å²) in [5, 5.41) is 8.87. The number of aromatic nitrogens is 2. The molecule has 0 saturated heterocycles. The lowest BCUT2D eigenvalue weighted by molar-refractivity contribution is -0.136. The second kappa shape index (κ2) is 5.66. The lowest BCUT2D eigenvalue weighted by Gasteiger charge is -2.09. The molecule has 0 spiro atoms. The maximum absolute atomic E-state index is 13.2. The molecular weight excluding hydrogens is 327 g/mol. The first-order chi connectivity index (χ1) is 9.38. The minimum Gasteiger partial charge on any atom is -0.481 e. The molecule has 1 heterocycles. The van der Waals surface area contributed by atoms with Crippen molar-refractivity contribution in [2.75, 3.05) is 0 Å². The maximum atomic E-state index is 13.2. The second-order valence-electron chi connectivity index (χ2n) is 4.40. The minimum absolute atomic E-state index is 0.106. The largest absolute Gasteiger partial charge is 0.481 e. The molecule has 4 nitrogen and oxygen atoms in total. The molecule has 1 aromatic carbocycles. The summed E-state index contributed by atoms with van der Waals surface area (Å²) >= 11 is 3.12. The fourth-order valence-corrected chi connectivity index (χ4v) is 2.29. The average molecular weight is 339 g/mol. The van der Waals surface area contributed by atoms with E-state index in [9.17, 15) is 9.18 Å². The third-order valence-corrected chi connectivity index (χ3v) is 3.53. The number of aliphatic carboxylic acids is 1. The van der Waals surface area contributed by atoms with E-state index in [1.165, 1.54) is 6.07 Å². The summed E-state index contributed by atoms with van der Waals surface area (Å²) in [6.45, 7) is 3.49. The highest BCUT2D eigenvalue weighted by molar-refractivity contribution is 9.10. The van der Waals surface area contributed by atoms with Crippen molar-refractivity contribution in [3.8, 4) is 11.4 Å². The predicted molar refractivity (Wildman–Crippen MR) is 75.9 cm³/mol. The fourth-order valence-electron chi connectivity index (χ4n) is 1.91. The van der Waals surface area contributed by atoms with Gasteiger partial charge in [-0.1, -0.05) is 0 Å². The molecule has 0 fully saturated rings. The highest BCUT2D eigenvalue weighted by atomic mass is 79.9. The monoisotopic (exact) mass is 338 g/mol. The predicted octanol–water partition coefficient (Wildman–Crippen LogP) is 3.29. The molecule has 104 valence electrons. The van der Waals surface area contributed by atoms with E-state index in [0.29, 0.717) is 32.8 Å². The summed E-state index contributed by atoms with van der Waals surface area (Å²) < 4.78 is 13.6. The van der Waals surface area contributed by atoms with Crippen molar-refractivity contribution in [2.45, 2.75) is 20.3 Å². The van der Waals surface area contributed by atoms with Crippen LogP contribution in [0.2, 0.25) is 0 Å². The highest BCUT2D eigenvalue weighted by Gasteiger charge is 2.13. The molecule has 2 aromatic rings. The van der Waals surface area contributed by atoms with Crippen molar-refractivity contribution < 1.29 is 14.3 Å². The van der Waals surface area contributed by atoms with Gasteiger partial charge in [-0.05, 0) is 48.0 Å². The summed E-state index contributed by atoms with van der Waals surface area (Å²) in [6, 6.07) is 4.52. The van der Waals surface area contributed by atoms with Gasteiger partial charge in [0.25, 0.3) is 0 Å². The van der Waals surface area contributed by atoms with E-state index in [4.69, 9.17) is 5.11 Å². The van der Waals surface area contributed by atoms with E-state index in [1.54, 1.807) is 26.0 Å². The third kappa shape index (κ3) is 3.01. The molecule has 1 N–H and O–H groups in total. The number of benzene rings is 1. The van der Waals surface area contributed by atoms with Gasteiger partial charge >= 0.3 is 5.97 Å². The molecule has 0 radical (unpaired) electrons. The third-order valence-electron chi connectivity index (χ3n) is 2.93. The smallest absolute Gasteiger partial charge is 0.307 e. The van der Waals surface area contributed by atoms with Crippen LogP contribution >= 0.6 is 15.9 Å². The van der Waals surface area contributed by atoms with Crippen molar-refractivity contribution in [1.29, 1.82) is 0 Å². The topological polar surface area (TPSA) is 63.1 Å². The number of aryl methyl sites for hydroxylation is 2. The number of carboxylic acids is 1. The molecule has 0 bridgehead atoms. The van der Waals surface area contributed by atoms with E-state index < -0.39 is 5.97 Å². The van der Waals surface area contributed by atoms with E-state index in [-0.39, 0.29) is 12.2 Å². The van der Waals surface area contributed by atoms with Gasteiger partial charge in [0.2, 0.25) is 0 Å². The molecule has 20 heavy (non-hydrogen) atoms. The summed E-state index contributed by atoms with van der Waals surface area (Å²) in [7, 11) is 0. The molecule has 0 aliphatic heterocycles. The Balaban J connectivity index is 2.48. The molecular formula is C14H12BrFN2O2.